The number of nitrogens with zero attached hydrogens (tertiary/aromatic N) is 1. The summed E-state index contributed by atoms with van der Waals surface area (Å²) in [5, 5.41) is 9.78. The highest BCUT2D eigenvalue weighted by molar-refractivity contribution is 5.93. The Bertz CT molecular complexity index is 420. The van der Waals surface area contributed by atoms with E-state index in [0.29, 0.717) is 11.4 Å². The second kappa shape index (κ2) is 5.74. The normalized spacial score (nSPS) is 9.53. The minimum absolute atomic E-state index is 0.0670. The summed E-state index contributed by atoms with van der Waals surface area (Å²) < 4.78 is 5.11. The number of benzene rings is 1. The molecule has 0 unspecified atom stereocenters. The van der Waals surface area contributed by atoms with Crippen LogP contribution in [0.25, 0.3) is 0 Å². The Hall–Kier alpha value is -2.24. The van der Waals surface area contributed by atoms with Crippen molar-refractivity contribution in [1.82, 2.24) is 4.90 Å². The van der Waals surface area contributed by atoms with Crippen molar-refractivity contribution in [3.05, 3.63) is 24.3 Å². The van der Waals surface area contributed by atoms with Gasteiger partial charge in [-0.25, -0.2) is 4.79 Å². The average molecular weight is 236 g/mol. The van der Waals surface area contributed by atoms with Crippen LogP contribution in [0.3, 0.4) is 0 Å². The third-order valence-corrected chi connectivity index (χ3v) is 2.10. The van der Waals surface area contributed by atoms with Crippen molar-refractivity contribution < 1.29 is 9.53 Å². The first-order valence-electron chi connectivity index (χ1n) is 5.02. The monoisotopic (exact) mass is 236 g/mol. The Balaban J connectivity index is 2.70. The lowest BCUT2D eigenvalue weighted by Gasteiger charge is -2.18. The first-order valence-corrected chi connectivity index (χ1v) is 5.02. The number of ether oxygens (including phenoxy) is 1. The molecule has 2 amide bonds. The van der Waals surface area contributed by atoms with Gasteiger partial charge in [0.05, 0.1) is 19.3 Å². The van der Waals surface area contributed by atoms with E-state index in [1.807, 2.05) is 6.07 Å². The van der Waals surface area contributed by atoms with Crippen LogP contribution in [-0.2, 0) is 0 Å². The molecule has 0 aliphatic heterocycles. The molecular weight excluding hydrogens is 220 g/mol. The van der Waals surface area contributed by atoms with Gasteiger partial charge in [-0.05, 0) is 12.1 Å². The van der Waals surface area contributed by atoms with Crippen LogP contribution >= 0.6 is 0 Å². The zero-order chi connectivity index (χ0) is 12.8. The Labute approximate surface area is 99.9 Å². The molecule has 0 fully saturated rings. The second-order valence-electron chi connectivity index (χ2n) is 3.51. The summed E-state index contributed by atoms with van der Waals surface area (Å²) in [6.07, 6.45) is 0. The fourth-order valence-electron chi connectivity index (χ4n) is 1.29. The largest absolute Gasteiger partial charge is 0.495 e. The molecule has 0 saturated carbocycles. The second-order valence-corrected chi connectivity index (χ2v) is 3.51. The molecule has 0 bridgehead atoms. The molecule has 17 heavy (non-hydrogen) atoms. The number of nitrogens with two attached hydrogens (primary N) is 1. The molecule has 6 heteroatoms. The number of amidine groups is 1. The summed E-state index contributed by atoms with van der Waals surface area (Å²) in [4.78, 5) is 13.0. The van der Waals surface area contributed by atoms with Crippen LogP contribution in [0.1, 0.15) is 0 Å². The van der Waals surface area contributed by atoms with Gasteiger partial charge in [0.1, 0.15) is 11.6 Å². The highest BCUT2D eigenvalue weighted by atomic mass is 16.5. The van der Waals surface area contributed by atoms with Crippen molar-refractivity contribution in [2.45, 2.75) is 0 Å². The summed E-state index contributed by atoms with van der Waals surface area (Å²) in [6.45, 7) is 0.0843. The molecule has 6 nitrogen and oxygen atoms in total. The van der Waals surface area contributed by atoms with Gasteiger partial charge in [-0.15, -0.1) is 0 Å². The fraction of sp³-hybridized carbons (Fsp3) is 0.273. The van der Waals surface area contributed by atoms with Gasteiger partial charge in [0, 0.05) is 7.05 Å². The summed E-state index contributed by atoms with van der Waals surface area (Å²) in [6, 6.07) is 6.75. The topological polar surface area (TPSA) is 91.4 Å². The predicted octanol–water partition coefficient (Wildman–Crippen LogP) is 1.09. The third kappa shape index (κ3) is 3.67. The van der Waals surface area contributed by atoms with Crippen molar-refractivity contribution >= 4 is 17.6 Å². The molecule has 4 N–H and O–H groups in total. The lowest BCUT2D eigenvalue weighted by atomic mass is 10.3. The number of rotatable bonds is 4. The predicted molar refractivity (Wildman–Crippen MR) is 66.6 cm³/mol. The number of methoxy groups -OCH3 is 1. The molecule has 1 aromatic carbocycles. The molecule has 0 aliphatic rings. The van der Waals surface area contributed by atoms with Crippen LogP contribution in [0.4, 0.5) is 10.5 Å². The van der Waals surface area contributed by atoms with Crippen molar-refractivity contribution in [3.63, 3.8) is 0 Å². The number of urea groups is 1. The number of hydrogen-bond acceptors (Lipinski definition) is 3. The number of nitrogens with one attached hydrogen (secondary N) is 2. The molecule has 0 spiro atoms. The first-order chi connectivity index (χ1) is 8.04. The van der Waals surface area contributed by atoms with Gasteiger partial charge in [-0.2, -0.15) is 0 Å². The van der Waals surface area contributed by atoms with Crippen molar-refractivity contribution in [1.29, 1.82) is 5.41 Å². The maximum Gasteiger partial charge on any atom is 0.322 e. The van der Waals surface area contributed by atoms with E-state index in [9.17, 15) is 4.79 Å². The van der Waals surface area contributed by atoms with Crippen LogP contribution < -0.4 is 15.8 Å². The molecule has 0 saturated heterocycles. The summed E-state index contributed by atoms with van der Waals surface area (Å²) in [7, 11) is 3.09. The van der Waals surface area contributed by atoms with E-state index in [0.717, 1.165) is 0 Å². The molecule has 0 aromatic heterocycles. The molecule has 1 rings (SSSR count). The summed E-state index contributed by atoms with van der Waals surface area (Å²) in [5.74, 6) is 0.514. The molecule has 0 atom stereocenters. The van der Waals surface area contributed by atoms with Crippen molar-refractivity contribution in [3.8, 4) is 5.75 Å². The molecule has 0 radical (unpaired) electrons. The van der Waals surface area contributed by atoms with Crippen LogP contribution in [0.15, 0.2) is 24.3 Å². The van der Waals surface area contributed by atoms with E-state index < -0.39 is 0 Å². The average Bonchev–Trinajstić information content (AvgIpc) is 2.28. The van der Waals surface area contributed by atoms with Gasteiger partial charge in [0.2, 0.25) is 0 Å². The Morgan fingerprint density at radius 3 is 2.76 bits per heavy atom. The highest BCUT2D eigenvalue weighted by Crippen LogP contribution is 2.23. The number of anilines is 1. The van der Waals surface area contributed by atoms with E-state index >= 15 is 0 Å². The van der Waals surface area contributed by atoms with Gasteiger partial charge in [-0.1, -0.05) is 12.1 Å². The zero-order valence-electron chi connectivity index (χ0n) is 9.86. The Morgan fingerprint density at radius 2 is 2.18 bits per heavy atom. The maximum absolute atomic E-state index is 11.7. The van der Waals surface area contributed by atoms with E-state index in [1.165, 1.54) is 12.0 Å². The minimum Gasteiger partial charge on any atom is -0.495 e. The van der Waals surface area contributed by atoms with Gasteiger partial charge in [0.25, 0.3) is 0 Å². The molecular formula is C11H16N4O2. The first kappa shape index (κ1) is 12.8. The standard InChI is InChI=1S/C11H16N4O2/c1-15(7-10(12)13)11(16)14-8-5-3-4-6-9(8)17-2/h3-6H,7H2,1-2H3,(H3,12,13)(H,14,16). The van der Waals surface area contributed by atoms with Gasteiger partial charge in [0.15, 0.2) is 0 Å². The Morgan fingerprint density at radius 1 is 1.53 bits per heavy atom. The number of hydrogen-bond donors (Lipinski definition) is 3. The van der Waals surface area contributed by atoms with Gasteiger partial charge in [-0.3, -0.25) is 5.41 Å². The van der Waals surface area contributed by atoms with Crippen LogP contribution in [0.2, 0.25) is 0 Å². The van der Waals surface area contributed by atoms with E-state index in [4.69, 9.17) is 15.9 Å². The lowest BCUT2D eigenvalue weighted by Crippen LogP contribution is -2.37. The minimum atomic E-state index is -0.343. The van der Waals surface area contributed by atoms with Gasteiger partial charge < -0.3 is 20.7 Å². The molecule has 0 aliphatic carbocycles. The SMILES string of the molecule is COc1ccccc1NC(=O)N(C)CC(=N)N. The fourth-order valence-corrected chi connectivity index (χ4v) is 1.29. The highest BCUT2D eigenvalue weighted by Gasteiger charge is 2.11. The molecule has 92 valence electrons. The lowest BCUT2D eigenvalue weighted by molar-refractivity contribution is 0.227. The van der Waals surface area contributed by atoms with Crippen molar-refractivity contribution in [2.75, 3.05) is 26.0 Å². The number of para-hydroxylation sites is 2. The summed E-state index contributed by atoms with van der Waals surface area (Å²) >= 11 is 0. The van der Waals surface area contributed by atoms with E-state index in [2.05, 4.69) is 5.32 Å². The maximum atomic E-state index is 11.7. The van der Waals surface area contributed by atoms with Crippen molar-refractivity contribution in [2.24, 2.45) is 5.73 Å². The van der Waals surface area contributed by atoms with Crippen LogP contribution in [0, 0.1) is 5.41 Å². The smallest absolute Gasteiger partial charge is 0.322 e. The Kier molecular flexibility index (Phi) is 4.33. The van der Waals surface area contributed by atoms with Crippen LogP contribution in [0.5, 0.6) is 5.75 Å². The summed E-state index contributed by atoms with van der Waals surface area (Å²) in [5.41, 5.74) is 5.80. The molecule has 1 aromatic rings. The van der Waals surface area contributed by atoms with E-state index in [-0.39, 0.29) is 18.4 Å². The number of carbonyl (C=O) groups excluding carboxylic acids is 1. The third-order valence-electron chi connectivity index (χ3n) is 2.10. The van der Waals surface area contributed by atoms with Crippen LogP contribution in [-0.4, -0.2) is 37.5 Å². The van der Waals surface area contributed by atoms with Gasteiger partial charge >= 0.3 is 6.03 Å². The number of amides is 2. The zero-order valence-corrected chi connectivity index (χ0v) is 9.86. The molecule has 0 heterocycles. The van der Waals surface area contributed by atoms with E-state index in [1.54, 1.807) is 25.2 Å². The number of likely N-dealkylation sites (N-methyl/N-ethyl adjacent to an activating group) is 1. The quantitative estimate of drug-likeness (QED) is 0.540. The number of carbonyl (C=O) groups is 1.